The van der Waals surface area contributed by atoms with E-state index in [0.29, 0.717) is 24.0 Å². The van der Waals surface area contributed by atoms with Gasteiger partial charge in [-0.3, -0.25) is 0 Å². The summed E-state index contributed by atoms with van der Waals surface area (Å²) in [4.78, 5) is 7.80. The molecule has 0 radical (unpaired) electrons. The van der Waals surface area contributed by atoms with Crippen LogP contribution >= 0.6 is 0 Å². The van der Waals surface area contributed by atoms with Gasteiger partial charge in [0.2, 0.25) is 0 Å². The standard InChI is InChI=1S/C27H43N5O/c1-19-6-9-24-23-8-7-20-16-21(10-12-27(20,3)25(23)11-13-26(19,24)2)29-33-15-14-32-18-22(28-30-32)17-31(4)5/h16,18-19,23-25H,6-15,17H2,1-5H3/t19-,23?,24?,25?,26+,27-/m0/s1. The zero-order chi connectivity index (χ0) is 23.2. The van der Waals surface area contributed by atoms with Crippen LogP contribution < -0.4 is 0 Å². The molecule has 6 heteroatoms. The van der Waals surface area contributed by atoms with E-state index in [9.17, 15) is 0 Å². The Labute approximate surface area is 199 Å². The van der Waals surface area contributed by atoms with Crippen molar-refractivity contribution < 1.29 is 4.84 Å². The summed E-state index contributed by atoms with van der Waals surface area (Å²) in [6.45, 7) is 9.71. The number of aromatic nitrogens is 3. The van der Waals surface area contributed by atoms with E-state index >= 15 is 0 Å². The molecule has 0 aliphatic heterocycles. The zero-order valence-electron chi connectivity index (χ0n) is 21.4. The third-order valence-corrected chi connectivity index (χ3v) is 10.1. The Morgan fingerprint density at radius 3 is 2.79 bits per heavy atom. The monoisotopic (exact) mass is 453 g/mol. The summed E-state index contributed by atoms with van der Waals surface area (Å²) in [6.07, 6.45) is 15.1. The van der Waals surface area contributed by atoms with Gasteiger partial charge in [-0.25, -0.2) is 4.68 Å². The Morgan fingerprint density at radius 2 is 1.97 bits per heavy atom. The number of nitrogens with zero attached hydrogens (tertiary/aromatic N) is 5. The SMILES string of the molecule is C[C@H]1CCC2C3CCC4=CC(=NOCCn5cc(CN(C)C)nn5)CC[C@]4(C)C3CC[C@@]21C. The van der Waals surface area contributed by atoms with Crippen molar-refractivity contribution in [1.82, 2.24) is 19.9 Å². The van der Waals surface area contributed by atoms with Gasteiger partial charge in [0.1, 0.15) is 6.61 Å². The Hall–Kier alpha value is -1.69. The predicted octanol–water partition coefficient (Wildman–Crippen LogP) is 5.31. The second-order valence-corrected chi connectivity index (χ2v) is 12.2. The first-order chi connectivity index (χ1) is 15.8. The van der Waals surface area contributed by atoms with Crippen molar-refractivity contribution in [3.63, 3.8) is 0 Å². The molecule has 1 aromatic rings. The lowest BCUT2D eigenvalue weighted by Crippen LogP contribution is -2.50. The Balaban J connectivity index is 1.20. The summed E-state index contributed by atoms with van der Waals surface area (Å²) in [6, 6.07) is 0. The summed E-state index contributed by atoms with van der Waals surface area (Å²) in [7, 11) is 4.07. The first-order valence-corrected chi connectivity index (χ1v) is 13.2. The lowest BCUT2D eigenvalue weighted by molar-refractivity contribution is -0.0465. The Bertz CT molecular complexity index is 919. The molecule has 3 saturated carbocycles. The highest BCUT2D eigenvalue weighted by Crippen LogP contribution is 2.66. The molecule has 0 spiro atoms. The van der Waals surface area contributed by atoms with E-state index in [1.165, 1.54) is 44.9 Å². The molecule has 0 amide bonds. The van der Waals surface area contributed by atoms with Crippen LogP contribution in [0.2, 0.25) is 0 Å². The average Bonchev–Trinajstić information content (AvgIpc) is 3.34. The molecule has 0 N–H and O–H groups in total. The van der Waals surface area contributed by atoms with Crippen LogP contribution in [0, 0.1) is 34.5 Å². The van der Waals surface area contributed by atoms with Gasteiger partial charge in [0.05, 0.1) is 18.0 Å². The fourth-order valence-corrected chi connectivity index (χ4v) is 8.01. The van der Waals surface area contributed by atoms with Crippen molar-refractivity contribution in [2.24, 2.45) is 39.7 Å². The molecular weight excluding hydrogens is 410 g/mol. The molecule has 4 aliphatic rings. The summed E-state index contributed by atoms with van der Waals surface area (Å²) in [5, 5.41) is 12.9. The largest absolute Gasteiger partial charge is 0.394 e. The van der Waals surface area contributed by atoms with Crippen LogP contribution in [-0.4, -0.2) is 46.3 Å². The van der Waals surface area contributed by atoms with Gasteiger partial charge >= 0.3 is 0 Å². The number of allylic oxidation sites excluding steroid dienone is 2. The molecule has 6 atom stereocenters. The van der Waals surface area contributed by atoms with Crippen LogP contribution in [0.3, 0.4) is 0 Å². The summed E-state index contributed by atoms with van der Waals surface area (Å²) in [5.74, 6) is 3.67. The van der Waals surface area contributed by atoms with Crippen LogP contribution in [0.15, 0.2) is 23.0 Å². The Morgan fingerprint density at radius 1 is 1.12 bits per heavy atom. The number of fused-ring (bicyclic) bond motifs is 5. The molecule has 5 rings (SSSR count). The van der Waals surface area contributed by atoms with Crippen molar-refractivity contribution in [3.8, 4) is 0 Å². The highest BCUT2D eigenvalue weighted by molar-refractivity contribution is 5.96. The number of oxime groups is 1. The van der Waals surface area contributed by atoms with Gasteiger partial charge in [0.25, 0.3) is 0 Å². The molecule has 0 aromatic carbocycles. The van der Waals surface area contributed by atoms with Gasteiger partial charge in [0, 0.05) is 12.7 Å². The number of hydrogen-bond acceptors (Lipinski definition) is 5. The maximum atomic E-state index is 5.71. The maximum absolute atomic E-state index is 5.71. The van der Waals surface area contributed by atoms with Crippen molar-refractivity contribution in [3.05, 3.63) is 23.5 Å². The second kappa shape index (κ2) is 8.83. The fraction of sp³-hybridized carbons (Fsp3) is 0.815. The molecule has 182 valence electrons. The number of rotatable bonds is 6. The minimum Gasteiger partial charge on any atom is -0.394 e. The lowest BCUT2D eigenvalue weighted by Gasteiger charge is -2.58. The van der Waals surface area contributed by atoms with Crippen molar-refractivity contribution in [2.45, 2.75) is 85.2 Å². The molecule has 6 nitrogen and oxygen atoms in total. The topological polar surface area (TPSA) is 55.5 Å². The van der Waals surface area contributed by atoms with E-state index in [4.69, 9.17) is 4.84 Å². The van der Waals surface area contributed by atoms with Crippen molar-refractivity contribution >= 4 is 5.71 Å². The van der Waals surface area contributed by atoms with Crippen molar-refractivity contribution in [1.29, 1.82) is 0 Å². The third kappa shape index (κ3) is 4.17. The van der Waals surface area contributed by atoms with E-state index < -0.39 is 0 Å². The van der Waals surface area contributed by atoms with Crippen LogP contribution in [0.1, 0.15) is 77.8 Å². The first kappa shape index (κ1) is 23.1. The lowest BCUT2D eigenvalue weighted by atomic mass is 9.47. The molecule has 0 saturated heterocycles. The average molecular weight is 454 g/mol. The normalized spacial score (nSPS) is 39.2. The fourth-order valence-electron chi connectivity index (χ4n) is 8.01. The van der Waals surface area contributed by atoms with Crippen LogP contribution in [0.5, 0.6) is 0 Å². The van der Waals surface area contributed by atoms with Crippen molar-refractivity contribution in [2.75, 3.05) is 20.7 Å². The zero-order valence-corrected chi connectivity index (χ0v) is 21.4. The van der Waals surface area contributed by atoms with Gasteiger partial charge < -0.3 is 9.74 Å². The van der Waals surface area contributed by atoms with E-state index in [1.54, 1.807) is 5.57 Å². The quantitative estimate of drug-likeness (QED) is 0.433. The highest BCUT2D eigenvalue weighted by atomic mass is 16.6. The van der Waals surface area contributed by atoms with E-state index in [-0.39, 0.29) is 0 Å². The molecule has 4 aliphatic carbocycles. The van der Waals surface area contributed by atoms with Crippen LogP contribution in [-0.2, 0) is 17.9 Å². The first-order valence-electron chi connectivity index (χ1n) is 13.2. The van der Waals surface area contributed by atoms with Gasteiger partial charge in [-0.05, 0) is 106 Å². The third-order valence-electron chi connectivity index (χ3n) is 10.1. The van der Waals surface area contributed by atoms with Gasteiger partial charge in [-0.1, -0.05) is 36.7 Å². The van der Waals surface area contributed by atoms with Gasteiger partial charge in [-0.15, -0.1) is 5.10 Å². The second-order valence-electron chi connectivity index (χ2n) is 12.2. The van der Waals surface area contributed by atoms with E-state index in [0.717, 1.165) is 48.0 Å². The smallest absolute Gasteiger partial charge is 0.136 e. The number of hydrogen-bond donors (Lipinski definition) is 0. The summed E-state index contributed by atoms with van der Waals surface area (Å²) in [5.41, 5.74) is 4.73. The summed E-state index contributed by atoms with van der Waals surface area (Å²) >= 11 is 0. The van der Waals surface area contributed by atoms with Gasteiger partial charge in [0.15, 0.2) is 0 Å². The molecule has 1 aromatic heterocycles. The highest BCUT2D eigenvalue weighted by Gasteiger charge is 2.57. The molecule has 3 unspecified atom stereocenters. The molecule has 0 bridgehead atoms. The molecule has 33 heavy (non-hydrogen) atoms. The minimum atomic E-state index is 0.374. The molecular formula is C27H43N5O. The predicted molar refractivity (Wildman–Crippen MR) is 132 cm³/mol. The Kier molecular flexibility index (Phi) is 6.17. The van der Waals surface area contributed by atoms with Crippen LogP contribution in [0.4, 0.5) is 0 Å². The van der Waals surface area contributed by atoms with Crippen LogP contribution in [0.25, 0.3) is 0 Å². The minimum absolute atomic E-state index is 0.374. The molecule has 1 heterocycles. The summed E-state index contributed by atoms with van der Waals surface area (Å²) < 4.78 is 1.84. The van der Waals surface area contributed by atoms with E-state index in [2.05, 4.69) is 47.2 Å². The van der Waals surface area contributed by atoms with Gasteiger partial charge in [-0.2, -0.15) is 0 Å². The van der Waals surface area contributed by atoms with E-state index in [1.807, 2.05) is 25.0 Å². The molecule has 3 fully saturated rings. The maximum Gasteiger partial charge on any atom is 0.136 e.